The molecule has 2 atom stereocenters. The molecule has 0 aliphatic carbocycles. The van der Waals surface area contributed by atoms with Gasteiger partial charge in [0.25, 0.3) is 5.91 Å². The molecule has 182 valence electrons. The number of ether oxygens (including phenoxy) is 1. The van der Waals surface area contributed by atoms with Gasteiger partial charge in [0.15, 0.2) is 11.7 Å². The third-order valence-electron chi connectivity index (χ3n) is 6.36. The molecule has 5 rings (SSSR count). The van der Waals surface area contributed by atoms with Crippen LogP contribution >= 0.6 is 12.2 Å². The number of nitrogens with zero attached hydrogens (tertiary/aromatic N) is 3. The molecule has 4 aromatic rings. The molecule has 1 amide bonds. The summed E-state index contributed by atoms with van der Waals surface area (Å²) in [6.45, 7) is 2.02. The van der Waals surface area contributed by atoms with E-state index in [1.165, 1.54) is 5.69 Å². The number of carbonyl (C=O) groups excluding carboxylic acids is 1. The van der Waals surface area contributed by atoms with Crippen molar-refractivity contribution in [1.29, 1.82) is 0 Å². The van der Waals surface area contributed by atoms with Crippen LogP contribution in [0.3, 0.4) is 0 Å². The zero-order valence-electron chi connectivity index (χ0n) is 20.1. The largest absolute Gasteiger partial charge is 0.484 e. The molecule has 0 radical (unpaired) electrons. The average Bonchev–Trinajstić information content (AvgIpc) is 3.42. The predicted octanol–water partition coefficient (Wildman–Crippen LogP) is 4.92. The van der Waals surface area contributed by atoms with Crippen molar-refractivity contribution < 1.29 is 9.53 Å². The zero-order chi connectivity index (χ0) is 25.1. The quantitative estimate of drug-likeness (QED) is 0.353. The second kappa shape index (κ2) is 10.2. The third kappa shape index (κ3) is 4.81. The molecule has 2 N–H and O–H groups in total. The molecule has 2 aromatic carbocycles. The van der Waals surface area contributed by atoms with Crippen molar-refractivity contribution in [3.05, 3.63) is 108 Å². The Hall–Kier alpha value is -4.17. The van der Waals surface area contributed by atoms with E-state index in [2.05, 4.69) is 51.2 Å². The first-order valence-corrected chi connectivity index (χ1v) is 12.1. The van der Waals surface area contributed by atoms with Crippen LogP contribution in [0.4, 0.5) is 11.4 Å². The summed E-state index contributed by atoms with van der Waals surface area (Å²) in [7, 11) is 2.07. The van der Waals surface area contributed by atoms with Gasteiger partial charge in [-0.1, -0.05) is 24.3 Å². The summed E-state index contributed by atoms with van der Waals surface area (Å²) in [6.07, 6.45) is 1.80. The van der Waals surface area contributed by atoms with E-state index in [9.17, 15) is 4.79 Å². The molecule has 8 heteroatoms. The fourth-order valence-corrected chi connectivity index (χ4v) is 4.78. The second-order valence-electron chi connectivity index (χ2n) is 8.65. The fourth-order valence-electron chi connectivity index (χ4n) is 4.43. The maximum Gasteiger partial charge on any atom is 0.262 e. The Balaban J connectivity index is 1.36. The highest BCUT2D eigenvalue weighted by Crippen LogP contribution is 2.41. The van der Waals surface area contributed by atoms with Crippen molar-refractivity contribution >= 4 is 34.6 Å². The number of carbonyl (C=O) groups is 1. The summed E-state index contributed by atoms with van der Waals surface area (Å²) in [4.78, 5) is 19.1. The van der Waals surface area contributed by atoms with Gasteiger partial charge in [-0.3, -0.25) is 9.78 Å². The summed E-state index contributed by atoms with van der Waals surface area (Å²) in [5.41, 5.74) is 4.83. The molecule has 1 aliphatic rings. The highest BCUT2D eigenvalue weighted by Gasteiger charge is 2.41. The highest BCUT2D eigenvalue weighted by atomic mass is 32.1. The minimum Gasteiger partial charge on any atom is -0.484 e. The van der Waals surface area contributed by atoms with E-state index in [0.29, 0.717) is 16.5 Å². The number of amides is 1. The van der Waals surface area contributed by atoms with Crippen molar-refractivity contribution in [2.45, 2.75) is 19.0 Å². The van der Waals surface area contributed by atoms with Gasteiger partial charge in [-0.15, -0.1) is 0 Å². The number of aryl methyl sites for hydroxylation is 1. The van der Waals surface area contributed by atoms with Crippen LogP contribution in [0.25, 0.3) is 0 Å². The summed E-state index contributed by atoms with van der Waals surface area (Å²) < 4.78 is 7.72. The lowest BCUT2D eigenvalue weighted by molar-refractivity contribution is -0.118. The molecule has 0 unspecified atom stereocenters. The molecule has 1 fully saturated rings. The van der Waals surface area contributed by atoms with Crippen LogP contribution in [0.1, 0.15) is 29.2 Å². The van der Waals surface area contributed by atoms with Gasteiger partial charge < -0.3 is 24.8 Å². The smallest absolute Gasteiger partial charge is 0.262 e. The lowest BCUT2D eigenvalue weighted by Crippen LogP contribution is -2.30. The number of thiocarbonyl (C=S) groups is 1. The van der Waals surface area contributed by atoms with Gasteiger partial charge in [0.05, 0.1) is 11.7 Å². The number of hydrogen-bond acceptors (Lipinski definition) is 4. The van der Waals surface area contributed by atoms with Crippen LogP contribution in [0.15, 0.2) is 91.1 Å². The summed E-state index contributed by atoms with van der Waals surface area (Å²) >= 11 is 5.80. The van der Waals surface area contributed by atoms with Gasteiger partial charge >= 0.3 is 0 Å². The molecule has 0 bridgehead atoms. The van der Waals surface area contributed by atoms with E-state index in [1.807, 2.05) is 72.8 Å². The number of benzene rings is 2. The topological polar surface area (TPSA) is 71.4 Å². The first kappa shape index (κ1) is 23.6. The molecule has 1 aliphatic heterocycles. The second-order valence-corrected chi connectivity index (χ2v) is 9.04. The number of pyridine rings is 1. The number of anilines is 2. The lowest BCUT2D eigenvalue weighted by Gasteiger charge is -2.28. The standard InChI is InChI=1S/C28H27N5O2S/c1-19-11-16-24(32(19)2)27-26(23-10-6-7-17-29-23)31-28(36)33(27)21-14-12-20(13-15-21)30-25(34)18-35-22-8-4-3-5-9-22/h3-17,26-27H,18H2,1-2H3,(H,30,34)(H,31,36)/t26-,27+/m0/s1. The minimum absolute atomic E-state index is 0.0629. The van der Waals surface area contributed by atoms with Crippen LogP contribution in [0.2, 0.25) is 0 Å². The van der Waals surface area contributed by atoms with Crippen LogP contribution in [-0.4, -0.2) is 27.2 Å². The Labute approximate surface area is 215 Å². The van der Waals surface area contributed by atoms with Gasteiger partial charge in [-0.25, -0.2) is 0 Å². The van der Waals surface area contributed by atoms with Gasteiger partial charge in [0, 0.05) is 36.0 Å². The van der Waals surface area contributed by atoms with Crippen molar-refractivity contribution in [3.8, 4) is 5.75 Å². The Bertz CT molecular complexity index is 1360. The molecule has 7 nitrogen and oxygen atoms in total. The summed E-state index contributed by atoms with van der Waals surface area (Å²) in [5.74, 6) is 0.430. The van der Waals surface area contributed by atoms with Crippen LogP contribution in [0.5, 0.6) is 5.75 Å². The van der Waals surface area contributed by atoms with E-state index >= 15 is 0 Å². The van der Waals surface area contributed by atoms with E-state index in [1.54, 1.807) is 6.20 Å². The molecule has 3 heterocycles. The number of para-hydroxylation sites is 1. The number of aromatic nitrogens is 2. The van der Waals surface area contributed by atoms with E-state index in [-0.39, 0.29) is 24.6 Å². The van der Waals surface area contributed by atoms with Crippen molar-refractivity contribution in [2.75, 3.05) is 16.8 Å². The molecule has 1 saturated heterocycles. The Morgan fingerprint density at radius 2 is 1.78 bits per heavy atom. The maximum atomic E-state index is 12.4. The van der Waals surface area contributed by atoms with Crippen LogP contribution in [0, 0.1) is 6.92 Å². The summed E-state index contributed by atoms with van der Waals surface area (Å²) in [5, 5.41) is 6.99. The van der Waals surface area contributed by atoms with Gasteiger partial charge in [0.2, 0.25) is 0 Å². The minimum atomic E-state index is -0.225. The first-order valence-electron chi connectivity index (χ1n) is 11.7. The number of nitrogens with one attached hydrogen (secondary N) is 2. The normalized spacial score (nSPS) is 17.1. The van der Waals surface area contributed by atoms with E-state index < -0.39 is 0 Å². The highest BCUT2D eigenvalue weighted by molar-refractivity contribution is 7.80. The van der Waals surface area contributed by atoms with Crippen molar-refractivity contribution in [1.82, 2.24) is 14.9 Å². The van der Waals surface area contributed by atoms with Gasteiger partial charge in [-0.05, 0) is 79.8 Å². The van der Waals surface area contributed by atoms with Crippen molar-refractivity contribution in [2.24, 2.45) is 7.05 Å². The lowest BCUT2D eigenvalue weighted by atomic mass is 10.0. The predicted molar refractivity (Wildman–Crippen MR) is 145 cm³/mol. The monoisotopic (exact) mass is 497 g/mol. The van der Waals surface area contributed by atoms with Crippen LogP contribution < -0.4 is 20.3 Å². The molecule has 2 aromatic heterocycles. The van der Waals surface area contributed by atoms with E-state index in [0.717, 1.165) is 17.1 Å². The Morgan fingerprint density at radius 1 is 1.03 bits per heavy atom. The van der Waals surface area contributed by atoms with Gasteiger partial charge in [0.1, 0.15) is 11.8 Å². The fraction of sp³-hybridized carbons (Fsp3) is 0.179. The maximum absolute atomic E-state index is 12.4. The van der Waals surface area contributed by atoms with Gasteiger partial charge in [-0.2, -0.15) is 0 Å². The number of rotatable bonds is 7. The molecule has 0 spiro atoms. The average molecular weight is 498 g/mol. The number of hydrogen-bond donors (Lipinski definition) is 2. The van der Waals surface area contributed by atoms with E-state index in [4.69, 9.17) is 17.0 Å². The molecular formula is C28H27N5O2S. The molecule has 0 saturated carbocycles. The Morgan fingerprint density at radius 3 is 2.44 bits per heavy atom. The summed E-state index contributed by atoms with van der Waals surface area (Å²) in [6, 6.07) is 26.9. The zero-order valence-corrected chi connectivity index (χ0v) is 20.9. The Kier molecular flexibility index (Phi) is 6.69. The molecular weight excluding hydrogens is 470 g/mol. The van der Waals surface area contributed by atoms with Crippen LogP contribution in [-0.2, 0) is 11.8 Å². The SMILES string of the molecule is Cc1ccc([C@@H]2[C@H](c3ccccn3)NC(=S)N2c2ccc(NC(=O)COc3ccccc3)cc2)n1C. The van der Waals surface area contributed by atoms with Crippen molar-refractivity contribution in [3.63, 3.8) is 0 Å². The third-order valence-corrected chi connectivity index (χ3v) is 6.67. The molecule has 36 heavy (non-hydrogen) atoms. The first-order chi connectivity index (χ1) is 17.5.